The van der Waals surface area contributed by atoms with E-state index in [4.69, 9.17) is 9.47 Å². The van der Waals surface area contributed by atoms with E-state index in [0.717, 1.165) is 17.7 Å². The minimum absolute atomic E-state index is 0.0409. The van der Waals surface area contributed by atoms with Gasteiger partial charge in [-0.2, -0.15) is 31.4 Å². The van der Waals surface area contributed by atoms with Crippen molar-refractivity contribution in [2.45, 2.75) is 38.5 Å². The van der Waals surface area contributed by atoms with Crippen molar-refractivity contribution >= 4 is 0 Å². The van der Waals surface area contributed by atoms with E-state index in [0.29, 0.717) is 0 Å². The largest absolute Gasteiger partial charge is 0.433 e. The Hall–Kier alpha value is -2.99. The van der Waals surface area contributed by atoms with Gasteiger partial charge in [0.15, 0.2) is 5.69 Å². The first kappa shape index (κ1) is 24.6. The van der Waals surface area contributed by atoms with Gasteiger partial charge in [-0.05, 0) is 38.1 Å². The fourth-order valence-electron chi connectivity index (χ4n) is 3.14. The van der Waals surface area contributed by atoms with Crippen molar-refractivity contribution in [2.75, 3.05) is 13.2 Å². The highest BCUT2D eigenvalue weighted by molar-refractivity contribution is 5.30. The molecule has 178 valence electrons. The average molecular weight is 474 g/mol. The summed E-state index contributed by atoms with van der Waals surface area (Å²) < 4.78 is 88.1. The van der Waals surface area contributed by atoms with Crippen LogP contribution in [-0.4, -0.2) is 33.0 Å². The first-order chi connectivity index (χ1) is 15.4. The van der Waals surface area contributed by atoms with Crippen LogP contribution in [0.3, 0.4) is 0 Å². The monoisotopic (exact) mass is 474 g/mol. The summed E-state index contributed by atoms with van der Waals surface area (Å²) in [5.41, 5.74) is -0.654. The van der Waals surface area contributed by atoms with Crippen LogP contribution in [0.1, 0.15) is 28.1 Å². The second kappa shape index (κ2) is 9.48. The Labute approximate surface area is 185 Å². The van der Waals surface area contributed by atoms with Crippen LogP contribution in [-0.2, 0) is 34.2 Å². The van der Waals surface area contributed by atoms with Crippen LogP contribution in [0.5, 0.6) is 0 Å². The van der Waals surface area contributed by atoms with Gasteiger partial charge in [-0.3, -0.25) is 0 Å². The number of nitrogens with zero attached hydrogens (tertiary/aromatic N) is 4. The summed E-state index contributed by atoms with van der Waals surface area (Å²) >= 11 is 0. The van der Waals surface area contributed by atoms with Gasteiger partial charge in [0.05, 0.1) is 18.8 Å². The molecule has 4 rings (SSSR count). The lowest BCUT2D eigenvalue weighted by Crippen LogP contribution is -2.36. The zero-order chi connectivity index (χ0) is 24.3. The zero-order valence-electron chi connectivity index (χ0n) is 17.6. The minimum Gasteiger partial charge on any atom is -0.342 e. The molecule has 0 aliphatic carbocycles. The van der Waals surface area contributed by atoms with Crippen LogP contribution in [0.4, 0.5) is 26.3 Å². The van der Waals surface area contributed by atoms with Crippen molar-refractivity contribution in [2.24, 2.45) is 0 Å². The standard InChI is InChI=1S/C13H13F3N4O2.C8H7F3/c1-9-2-3-10(11(19-9)13(14,15)16)12(21-4-5-22-12)6-20-8-17-7-18-20;1-6-2-4-7(5-3-6)8(9,10)11/h2-3,7-8H,4-6H2,1H3;2-5H,1H3. The molecule has 12 heteroatoms. The lowest BCUT2D eigenvalue weighted by Gasteiger charge is -2.29. The van der Waals surface area contributed by atoms with Crippen molar-refractivity contribution in [3.63, 3.8) is 0 Å². The SMILES string of the molecule is Cc1ccc(C(F)(F)F)cc1.Cc1ccc(C2(Cn3cncn3)OCCO2)c(C(F)(F)F)n1. The summed E-state index contributed by atoms with van der Waals surface area (Å²) in [6, 6.07) is 7.89. The maximum absolute atomic E-state index is 13.3. The van der Waals surface area contributed by atoms with Crippen molar-refractivity contribution in [1.29, 1.82) is 0 Å². The molecule has 0 amide bonds. The highest BCUT2D eigenvalue weighted by atomic mass is 19.4. The fourth-order valence-corrected chi connectivity index (χ4v) is 3.14. The number of aryl methyl sites for hydroxylation is 2. The number of hydrogen-bond acceptors (Lipinski definition) is 5. The molecule has 0 spiro atoms. The van der Waals surface area contributed by atoms with E-state index in [1.165, 1.54) is 48.5 Å². The molecule has 1 aromatic carbocycles. The lowest BCUT2D eigenvalue weighted by molar-refractivity contribution is -0.189. The van der Waals surface area contributed by atoms with Crippen LogP contribution in [0, 0.1) is 13.8 Å². The van der Waals surface area contributed by atoms with Gasteiger partial charge in [-0.1, -0.05) is 17.7 Å². The van der Waals surface area contributed by atoms with Crippen LogP contribution in [0.15, 0.2) is 49.1 Å². The maximum atomic E-state index is 13.3. The Kier molecular flexibility index (Phi) is 7.08. The number of benzene rings is 1. The van der Waals surface area contributed by atoms with Crippen LogP contribution >= 0.6 is 0 Å². The fraction of sp³-hybridized carbons (Fsp3) is 0.381. The summed E-state index contributed by atoms with van der Waals surface area (Å²) in [6.07, 6.45) is -6.14. The van der Waals surface area contributed by atoms with Crippen LogP contribution < -0.4 is 0 Å². The molecule has 6 nitrogen and oxygen atoms in total. The van der Waals surface area contributed by atoms with Gasteiger partial charge < -0.3 is 9.47 Å². The molecule has 0 atom stereocenters. The van der Waals surface area contributed by atoms with E-state index in [2.05, 4.69) is 15.1 Å². The van der Waals surface area contributed by atoms with E-state index >= 15 is 0 Å². The molecule has 3 heterocycles. The quantitative estimate of drug-likeness (QED) is 0.505. The molecule has 0 radical (unpaired) electrons. The molecular weight excluding hydrogens is 454 g/mol. The molecule has 3 aromatic rings. The summed E-state index contributed by atoms with van der Waals surface area (Å²) in [5, 5.41) is 3.90. The predicted molar refractivity (Wildman–Crippen MR) is 104 cm³/mol. The minimum atomic E-state index is -4.61. The summed E-state index contributed by atoms with van der Waals surface area (Å²) in [5.74, 6) is -1.57. The summed E-state index contributed by atoms with van der Waals surface area (Å²) in [7, 11) is 0. The number of hydrogen-bond donors (Lipinski definition) is 0. The molecular formula is C21H20F6N4O2. The molecule has 1 aliphatic rings. The highest BCUT2D eigenvalue weighted by Crippen LogP contribution is 2.40. The van der Waals surface area contributed by atoms with E-state index in [-0.39, 0.29) is 31.0 Å². The van der Waals surface area contributed by atoms with Gasteiger partial charge in [0.25, 0.3) is 0 Å². The van der Waals surface area contributed by atoms with Crippen molar-refractivity contribution < 1.29 is 35.8 Å². The Morgan fingerprint density at radius 1 is 0.909 bits per heavy atom. The van der Waals surface area contributed by atoms with Crippen molar-refractivity contribution in [1.82, 2.24) is 19.7 Å². The predicted octanol–water partition coefficient (Wildman–Crippen LogP) is 4.91. The van der Waals surface area contributed by atoms with Gasteiger partial charge in [0.2, 0.25) is 5.79 Å². The number of aromatic nitrogens is 4. The van der Waals surface area contributed by atoms with Gasteiger partial charge in [0.1, 0.15) is 19.2 Å². The van der Waals surface area contributed by atoms with Gasteiger partial charge >= 0.3 is 12.4 Å². The van der Waals surface area contributed by atoms with Gasteiger partial charge in [-0.15, -0.1) is 0 Å². The summed E-state index contributed by atoms with van der Waals surface area (Å²) in [4.78, 5) is 7.41. The molecule has 1 aliphatic heterocycles. The average Bonchev–Trinajstić information content (AvgIpc) is 3.40. The first-order valence-electron chi connectivity index (χ1n) is 9.70. The molecule has 33 heavy (non-hydrogen) atoms. The van der Waals surface area contributed by atoms with Crippen molar-refractivity contribution in [3.05, 3.63) is 77.1 Å². The Morgan fingerprint density at radius 2 is 1.55 bits per heavy atom. The topological polar surface area (TPSA) is 62.1 Å². The molecule has 0 N–H and O–H groups in total. The number of pyridine rings is 1. The first-order valence-corrected chi connectivity index (χ1v) is 9.70. The van der Waals surface area contributed by atoms with E-state index in [1.54, 1.807) is 6.92 Å². The number of alkyl halides is 6. The Bertz CT molecular complexity index is 1040. The van der Waals surface area contributed by atoms with Gasteiger partial charge in [0, 0.05) is 11.3 Å². The Morgan fingerprint density at radius 3 is 2.06 bits per heavy atom. The number of rotatable bonds is 3. The molecule has 1 fully saturated rings. The molecule has 1 saturated heterocycles. The third-order valence-electron chi connectivity index (χ3n) is 4.68. The molecule has 0 bridgehead atoms. The maximum Gasteiger partial charge on any atom is 0.433 e. The molecule has 0 unspecified atom stereocenters. The van der Waals surface area contributed by atoms with Gasteiger partial charge in [-0.25, -0.2) is 14.6 Å². The Balaban J connectivity index is 0.000000235. The molecule has 2 aromatic heterocycles. The number of halogens is 6. The lowest BCUT2D eigenvalue weighted by atomic mass is 10.0. The highest BCUT2D eigenvalue weighted by Gasteiger charge is 2.47. The van der Waals surface area contributed by atoms with Crippen molar-refractivity contribution in [3.8, 4) is 0 Å². The third-order valence-corrected chi connectivity index (χ3v) is 4.68. The van der Waals surface area contributed by atoms with E-state index < -0.39 is 29.4 Å². The zero-order valence-corrected chi connectivity index (χ0v) is 17.6. The van der Waals surface area contributed by atoms with E-state index in [9.17, 15) is 26.3 Å². The summed E-state index contributed by atoms with van der Waals surface area (Å²) in [6.45, 7) is 3.60. The number of ether oxygens (including phenoxy) is 2. The smallest absolute Gasteiger partial charge is 0.342 e. The molecule has 0 saturated carbocycles. The van der Waals surface area contributed by atoms with E-state index in [1.807, 2.05) is 0 Å². The second-order valence-corrected chi connectivity index (χ2v) is 7.25. The van der Waals surface area contributed by atoms with Crippen LogP contribution in [0.25, 0.3) is 0 Å². The van der Waals surface area contributed by atoms with Crippen LogP contribution in [0.2, 0.25) is 0 Å². The second-order valence-electron chi connectivity index (χ2n) is 7.25. The normalized spacial score (nSPS) is 15.8. The third kappa shape index (κ3) is 6.08.